The summed E-state index contributed by atoms with van der Waals surface area (Å²) in [4.78, 5) is 5.06. The summed E-state index contributed by atoms with van der Waals surface area (Å²) >= 11 is 0. The lowest BCUT2D eigenvalue weighted by molar-refractivity contribution is 0.668. The van der Waals surface area contributed by atoms with E-state index in [2.05, 4.69) is 55.5 Å². The second-order valence-corrected chi connectivity index (χ2v) is 8.68. The van der Waals surface area contributed by atoms with Crippen LogP contribution in [0.25, 0.3) is 44.1 Å². The minimum Gasteiger partial charge on any atom is -0.454 e. The van der Waals surface area contributed by atoms with Crippen LogP contribution in [0.5, 0.6) is 0 Å². The van der Waals surface area contributed by atoms with Gasteiger partial charge in [0.15, 0.2) is 5.58 Å². The lowest BCUT2D eigenvalue weighted by Crippen LogP contribution is -1.97. The number of rotatable bonds is 2. The average molecular weight is 402 g/mol. The van der Waals surface area contributed by atoms with Gasteiger partial charge in [0, 0.05) is 21.7 Å². The van der Waals surface area contributed by atoms with Crippen molar-refractivity contribution in [1.82, 2.24) is 4.98 Å². The molecule has 31 heavy (non-hydrogen) atoms. The number of para-hydroxylation sites is 2. The molecule has 3 heteroatoms. The van der Waals surface area contributed by atoms with Gasteiger partial charge in [-0.2, -0.15) is 5.26 Å². The average Bonchev–Trinajstić information content (AvgIpc) is 3.46. The molecular formula is C28H22N2O. The molecule has 0 aliphatic heterocycles. The van der Waals surface area contributed by atoms with Crippen LogP contribution in [-0.2, 0) is 0 Å². The topological polar surface area (TPSA) is 49.8 Å². The van der Waals surface area contributed by atoms with E-state index in [-0.39, 0.29) is 0 Å². The van der Waals surface area contributed by atoms with E-state index in [1.807, 2.05) is 18.2 Å². The Hall–Kier alpha value is -3.64. The summed E-state index contributed by atoms with van der Waals surface area (Å²) in [6.45, 7) is 2.11. The monoisotopic (exact) mass is 402 g/mol. The quantitative estimate of drug-likeness (QED) is 0.305. The Kier molecular flexibility index (Phi) is 4.07. The van der Waals surface area contributed by atoms with Crippen LogP contribution in [0.15, 0.2) is 65.1 Å². The van der Waals surface area contributed by atoms with Gasteiger partial charge in [0.1, 0.15) is 11.7 Å². The highest BCUT2D eigenvalue weighted by Gasteiger charge is 2.22. The first-order chi connectivity index (χ1) is 15.2. The number of nitriles is 1. The molecule has 0 saturated heterocycles. The van der Waals surface area contributed by atoms with Crippen molar-refractivity contribution in [3.8, 4) is 17.3 Å². The number of hydrogen-bond acceptors (Lipinski definition) is 3. The molecule has 1 fully saturated rings. The van der Waals surface area contributed by atoms with Crippen molar-refractivity contribution in [3.05, 3.63) is 77.4 Å². The van der Waals surface area contributed by atoms with E-state index < -0.39 is 0 Å². The third-order valence-corrected chi connectivity index (χ3v) is 6.68. The van der Waals surface area contributed by atoms with E-state index in [1.165, 1.54) is 36.6 Å². The summed E-state index contributed by atoms with van der Waals surface area (Å²) in [6, 6.07) is 23.1. The number of pyridine rings is 1. The molecule has 3 nitrogen and oxygen atoms in total. The van der Waals surface area contributed by atoms with E-state index in [0.717, 1.165) is 38.7 Å². The second-order valence-electron chi connectivity index (χ2n) is 8.68. The summed E-state index contributed by atoms with van der Waals surface area (Å²) in [5, 5.41) is 12.8. The van der Waals surface area contributed by atoms with E-state index in [9.17, 15) is 5.26 Å². The molecule has 0 amide bonds. The van der Waals surface area contributed by atoms with Gasteiger partial charge in [-0.05, 0) is 67.1 Å². The van der Waals surface area contributed by atoms with E-state index >= 15 is 0 Å². The summed E-state index contributed by atoms with van der Waals surface area (Å²) in [6.07, 6.45) is 5.08. The zero-order valence-electron chi connectivity index (χ0n) is 17.5. The van der Waals surface area contributed by atoms with Crippen molar-refractivity contribution in [2.45, 2.75) is 38.5 Å². The lowest BCUT2D eigenvalue weighted by Gasteiger charge is -2.15. The Labute approximate surface area is 180 Å². The van der Waals surface area contributed by atoms with Crippen molar-refractivity contribution >= 4 is 32.8 Å². The second kappa shape index (κ2) is 6.96. The van der Waals surface area contributed by atoms with Gasteiger partial charge in [-0.1, -0.05) is 43.2 Å². The minimum absolute atomic E-state index is 0.565. The summed E-state index contributed by atoms with van der Waals surface area (Å²) in [5.41, 5.74) is 7.58. The SMILES string of the molecule is Cc1cc(-c2cc(C3CCCC3)c3ccccc3n2)c2oc3c(C#N)cccc3c2c1. The maximum Gasteiger partial charge on any atom is 0.153 e. The van der Waals surface area contributed by atoms with Crippen LogP contribution in [0, 0.1) is 18.3 Å². The van der Waals surface area contributed by atoms with Crippen molar-refractivity contribution in [2.75, 3.05) is 0 Å². The normalized spacial score (nSPS) is 14.6. The van der Waals surface area contributed by atoms with Gasteiger partial charge in [0.05, 0.1) is 16.8 Å². The highest BCUT2D eigenvalue weighted by Crippen LogP contribution is 2.41. The molecule has 0 N–H and O–H groups in total. The molecule has 1 saturated carbocycles. The van der Waals surface area contributed by atoms with Crippen LogP contribution in [0.2, 0.25) is 0 Å². The van der Waals surface area contributed by atoms with Gasteiger partial charge >= 0.3 is 0 Å². The predicted molar refractivity (Wildman–Crippen MR) is 125 cm³/mol. The highest BCUT2D eigenvalue weighted by molar-refractivity contribution is 6.11. The smallest absolute Gasteiger partial charge is 0.153 e. The Balaban J connectivity index is 1.68. The van der Waals surface area contributed by atoms with Crippen molar-refractivity contribution < 1.29 is 4.42 Å². The molecule has 0 radical (unpaired) electrons. The number of aryl methyl sites for hydroxylation is 1. The van der Waals surface area contributed by atoms with E-state index in [1.54, 1.807) is 0 Å². The number of aromatic nitrogens is 1. The number of benzene rings is 3. The third kappa shape index (κ3) is 2.83. The molecule has 1 aliphatic carbocycles. The van der Waals surface area contributed by atoms with Crippen LogP contribution in [0.4, 0.5) is 0 Å². The van der Waals surface area contributed by atoms with Gasteiger partial charge in [0.25, 0.3) is 0 Å². The standard InChI is InChI=1S/C28H22N2O/c1-17-13-23-21-11-6-9-19(16-29)27(21)31-28(23)24(14-17)26-15-22(18-7-2-3-8-18)20-10-4-5-12-25(20)30-26/h4-6,9-15,18H,2-3,7-8H2,1H3. The van der Waals surface area contributed by atoms with E-state index in [0.29, 0.717) is 17.1 Å². The van der Waals surface area contributed by atoms with Crippen LogP contribution < -0.4 is 0 Å². The molecule has 0 atom stereocenters. The van der Waals surface area contributed by atoms with Crippen molar-refractivity contribution in [2.24, 2.45) is 0 Å². The molecule has 0 spiro atoms. The first-order valence-electron chi connectivity index (χ1n) is 11.0. The lowest BCUT2D eigenvalue weighted by atomic mass is 9.92. The fourth-order valence-corrected chi connectivity index (χ4v) is 5.24. The third-order valence-electron chi connectivity index (χ3n) is 6.68. The number of nitrogens with zero attached hydrogens (tertiary/aromatic N) is 2. The molecule has 2 aromatic heterocycles. The Morgan fingerprint density at radius 1 is 0.903 bits per heavy atom. The maximum absolute atomic E-state index is 9.56. The molecule has 3 aromatic carbocycles. The first-order valence-corrected chi connectivity index (χ1v) is 11.0. The van der Waals surface area contributed by atoms with Gasteiger partial charge in [0.2, 0.25) is 0 Å². The van der Waals surface area contributed by atoms with Crippen LogP contribution >= 0.6 is 0 Å². The highest BCUT2D eigenvalue weighted by atomic mass is 16.3. The first kappa shape index (κ1) is 18.2. The molecule has 6 rings (SSSR count). The fraction of sp³-hybridized carbons (Fsp3) is 0.214. The Bertz CT molecular complexity index is 1510. The molecule has 2 heterocycles. The summed E-state index contributed by atoms with van der Waals surface area (Å²) in [5.74, 6) is 0.591. The van der Waals surface area contributed by atoms with Crippen LogP contribution in [0.1, 0.15) is 48.3 Å². The summed E-state index contributed by atoms with van der Waals surface area (Å²) < 4.78 is 6.33. The number of fused-ring (bicyclic) bond motifs is 4. The molecule has 0 bridgehead atoms. The Morgan fingerprint density at radius 3 is 2.55 bits per heavy atom. The van der Waals surface area contributed by atoms with Crippen molar-refractivity contribution in [3.63, 3.8) is 0 Å². The number of furan rings is 1. The molecule has 5 aromatic rings. The largest absolute Gasteiger partial charge is 0.454 e. The Morgan fingerprint density at radius 2 is 1.71 bits per heavy atom. The minimum atomic E-state index is 0.565. The number of hydrogen-bond donors (Lipinski definition) is 0. The zero-order chi connectivity index (χ0) is 20.9. The molecule has 0 unspecified atom stereocenters. The summed E-state index contributed by atoms with van der Waals surface area (Å²) in [7, 11) is 0. The van der Waals surface area contributed by atoms with Crippen molar-refractivity contribution in [1.29, 1.82) is 5.26 Å². The van der Waals surface area contributed by atoms with E-state index in [4.69, 9.17) is 9.40 Å². The molecular weight excluding hydrogens is 380 g/mol. The maximum atomic E-state index is 9.56. The van der Waals surface area contributed by atoms with Gasteiger partial charge in [-0.25, -0.2) is 4.98 Å². The molecule has 1 aliphatic rings. The van der Waals surface area contributed by atoms with Crippen LogP contribution in [0.3, 0.4) is 0 Å². The molecule has 150 valence electrons. The zero-order valence-corrected chi connectivity index (χ0v) is 17.5. The van der Waals surface area contributed by atoms with Gasteiger partial charge in [-0.15, -0.1) is 0 Å². The van der Waals surface area contributed by atoms with Crippen LogP contribution in [-0.4, -0.2) is 4.98 Å². The predicted octanol–water partition coefficient (Wildman–Crippen LogP) is 7.64. The fourth-order valence-electron chi connectivity index (χ4n) is 5.24. The van der Waals surface area contributed by atoms with Gasteiger partial charge in [-0.3, -0.25) is 0 Å². The van der Waals surface area contributed by atoms with Gasteiger partial charge < -0.3 is 4.42 Å².